The number of hydrogen-bond acceptors (Lipinski definition) is 3. The Bertz CT molecular complexity index is 974. The molecule has 0 unspecified atom stereocenters. The monoisotopic (exact) mass is 289 g/mol. The number of aromatic nitrogens is 2. The first kappa shape index (κ1) is 12.1. The SMILES string of the molecule is N#CCc1c(-c2ccccc2)nc2sc3ccccc3n12. The average Bonchev–Trinajstić information content (AvgIpc) is 3.05. The first-order chi connectivity index (χ1) is 10.4. The van der Waals surface area contributed by atoms with Crippen LogP contribution < -0.4 is 0 Å². The van der Waals surface area contributed by atoms with E-state index in [2.05, 4.69) is 22.6 Å². The number of rotatable bonds is 2. The van der Waals surface area contributed by atoms with Crippen LogP contribution in [0.25, 0.3) is 26.4 Å². The topological polar surface area (TPSA) is 41.1 Å². The second-order valence-corrected chi connectivity index (χ2v) is 5.80. The average molecular weight is 289 g/mol. The molecule has 0 spiro atoms. The van der Waals surface area contributed by atoms with Gasteiger partial charge in [-0.1, -0.05) is 53.8 Å². The van der Waals surface area contributed by atoms with Crippen LogP contribution in [-0.4, -0.2) is 9.38 Å². The van der Waals surface area contributed by atoms with Crippen molar-refractivity contribution in [1.82, 2.24) is 9.38 Å². The standard InChI is InChI=1S/C17H11N3S/c18-11-10-14-16(12-6-2-1-3-7-12)19-17-20(14)13-8-4-5-9-15(13)21-17/h1-9H,10H2. The van der Waals surface area contributed by atoms with Crippen molar-refractivity contribution < 1.29 is 0 Å². The lowest BCUT2D eigenvalue weighted by Crippen LogP contribution is -1.92. The summed E-state index contributed by atoms with van der Waals surface area (Å²) in [7, 11) is 0. The fraction of sp³-hybridized carbons (Fsp3) is 0.0588. The minimum absolute atomic E-state index is 0.353. The van der Waals surface area contributed by atoms with Crippen LogP contribution in [0.2, 0.25) is 0 Å². The van der Waals surface area contributed by atoms with Gasteiger partial charge in [-0.15, -0.1) is 0 Å². The Morgan fingerprint density at radius 1 is 1.05 bits per heavy atom. The molecule has 0 radical (unpaired) electrons. The van der Waals surface area contributed by atoms with E-state index in [4.69, 9.17) is 4.98 Å². The maximum Gasteiger partial charge on any atom is 0.195 e. The van der Waals surface area contributed by atoms with Gasteiger partial charge in [0.2, 0.25) is 0 Å². The Labute approximate surface area is 125 Å². The third-order valence-electron chi connectivity index (χ3n) is 3.54. The van der Waals surface area contributed by atoms with E-state index in [-0.39, 0.29) is 0 Å². The van der Waals surface area contributed by atoms with Gasteiger partial charge in [0.15, 0.2) is 4.96 Å². The molecule has 3 nitrogen and oxygen atoms in total. The van der Waals surface area contributed by atoms with Crippen molar-refractivity contribution in [3.05, 3.63) is 60.3 Å². The number of thiazole rings is 1. The fourth-order valence-electron chi connectivity index (χ4n) is 2.64. The Kier molecular flexibility index (Phi) is 2.73. The van der Waals surface area contributed by atoms with Crippen molar-refractivity contribution >= 4 is 26.5 Å². The number of benzene rings is 2. The summed E-state index contributed by atoms with van der Waals surface area (Å²) < 4.78 is 3.31. The summed E-state index contributed by atoms with van der Waals surface area (Å²) >= 11 is 1.66. The van der Waals surface area contributed by atoms with Crippen molar-refractivity contribution in [3.8, 4) is 17.3 Å². The molecule has 100 valence electrons. The molecule has 2 aromatic carbocycles. The number of fused-ring (bicyclic) bond motifs is 3. The third kappa shape index (κ3) is 1.83. The molecule has 0 bridgehead atoms. The zero-order valence-corrected chi connectivity index (χ0v) is 12.0. The number of hydrogen-bond donors (Lipinski definition) is 0. The van der Waals surface area contributed by atoms with E-state index in [9.17, 15) is 5.26 Å². The van der Waals surface area contributed by atoms with Gasteiger partial charge in [0.05, 0.1) is 34.1 Å². The number of nitrogens with zero attached hydrogens (tertiary/aromatic N) is 3. The van der Waals surface area contributed by atoms with Crippen molar-refractivity contribution in [2.75, 3.05) is 0 Å². The Balaban J connectivity index is 2.09. The molecule has 0 amide bonds. The highest BCUT2D eigenvalue weighted by atomic mass is 32.1. The van der Waals surface area contributed by atoms with Crippen molar-refractivity contribution in [2.45, 2.75) is 6.42 Å². The second-order valence-electron chi connectivity index (χ2n) is 4.80. The molecule has 2 heterocycles. The summed E-state index contributed by atoms with van der Waals surface area (Å²) in [5.74, 6) is 0. The van der Waals surface area contributed by atoms with Crippen LogP contribution in [-0.2, 0) is 6.42 Å². The molecule has 4 heteroatoms. The van der Waals surface area contributed by atoms with E-state index < -0.39 is 0 Å². The van der Waals surface area contributed by atoms with E-state index in [1.54, 1.807) is 11.3 Å². The normalized spacial score (nSPS) is 11.0. The molecule has 21 heavy (non-hydrogen) atoms. The molecule has 0 aliphatic rings. The summed E-state index contributed by atoms with van der Waals surface area (Å²) in [5.41, 5.74) is 4.06. The molecular formula is C17H11N3S. The lowest BCUT2D eigenvalue weighted by Gasteiger charge is -2.01. The second kappa shape index (κ2) is 4.72. The largest absolute Gasteiger partial charge is 0.286 e. The van der Waals surface area contributed by atoms with E-state index in [1.807, 2.05) is 42.5 Å². The predicted molar refractivity (Wildman–Crippen MR) is 85.3 cm³/mol. The number of para-hydroxylation sites is 1. The van der Waals surface area contributed by atoms with Gasteiger partial charge in [-0.25, -0.2) is 4.98 Å². The Hall–Kier alpha value is -2.64. The molecule has 0 saturated carbocycles. The van der Waals surface area contributed by atoms with Crippen LogP contribution in [0.4, 0.5) is 0 Å². The van der Waals surface area contributed by atoms with Gasteiger partial charge in [-0.05, 0) is 12.1 Å². The van der Waals surface area contributed by atoms with E-state index >= 15 is 0 Å². The fourth-order valence-corrected chi connectivity index (χ4v) is 3.68. The summed E-state index contributed by atoms with van der Waals surface area (Å²) in [6, 6.07) is 20.5. The first-order valence-corrected chi connectivity index (χ1v) is 7.51. The van der Waals surface area contributed by atoms with Gasteiger partial charge in [-0.2, -0.15) is 5.26 Å². The Morgan fingerprint density at radius 3 is 2.62 bits per heavy atom. The molecule has 2 aromatic heterocycles. The lowest BCUT2D eigenvalue weighted by molar-refractivity contribution is 1.11. The van der Waals surface area contributed by atoms with Crippen molar-refractivity contribution in [3.63, 3.8) is 0 Å². The van der Waals surface area contributed by atoms with Gasteiger partial charge in [0.1, 0.15) is 0 Å². The lowest BCUT2D eigenvalue weighted by atomic mass is 10.1. The zero-order valence-electron chi connectivity index (χ0n) is 11.2. The van der Waals surface area contributed by atoms with Gasteiger partial charge >= 0.3 is 0 Å². The third-order valence-corrected chi connectivity index (χ3v) is 4.56. The predicted octanol–water partition coefficient (Wildman–Crippen LogP) is 4.28. The maximum absolute atomic E-state index is 9.19. The highest BCUT2D eigenvalue weighted by molar-refractivity contribution is 7.23. The molecule has 0 aliphatic carbocycles. The van der Waals surface area contributed by atoms with Crippen LogP contribution in [0, 0.1) is 11.3 Å². The molecule has 0 N–H and O–H groups in total. The van der Waals surface area contributed by atoms with Crippen LogP contribution in [0.5, 0.6) is 0 Å². The molecule has 0 aliphatic heterocycles. The van der Waals surface area contributed by atoms with E-state index in [0.29, 0.717) is 6.42 Å². The van der Waals surface area contributed by atoms with Crippen molar-refractivity contribution in [1.29, 1.82) is 5.26 Å². The summed E-state index contributed by atoms with van der Waals surface area (Å²) in [6.45, 7) is 0. The van der Waals surface area contributed by atoms with E-state index in [0.717, 1.165) is 27.4 Å². The quantitative estimate of drug-likeness (QED) is 0.552. The molecule has 0 fully saturated rings. The van der Waals surface area contributed by atoms with Crippen LogP contribution in [0.15, 0.2) is 54.6 Å². The number of imidazole rings is 1. The summed E-state index contributed by atoms with van der Waals surface area (Å²) in [4.78, 5) is 5.71. The molecule has 4 aromatic rings. The van der Waals surface area contributed by atoms with Gasteiger partial charge < -0.3 is 0 Å². The number of nitriles is 1. The summed E-state index contributed by atoms with van der Waals surface area (Å²) in [6.07, 6.45) is 0.353. The van der Waals surface area contributed by atoms with Crippen molar-refractivity contribution in [2.24, 2.45) is 0 Å². The molecular weight excluding hydrogens is 278 g/mol. The van der Waals surface area contributed by atoms with Crippen LogP contribution in [0.1, 0.15) is 5.69 Å². The molecule has 0 atom stereocenters. The smallest absolute Gasteiger partial charge is 0.195 e. The highest BCUT2D eigenvalue weighted by Crippen LogP contribution is 2.32. The van der Waals surface area contributed by atoms with Gasteiger partial charge in [0, 0.05) is 5.56 Å². The Morgan fingerprint density at radius 2 is 1.81 bits per heavy atom. The van der Waals surface area contributed by atoms with Gasteiger partial charge in [0.25, 0.3) is 0 Å². The minimum atomic E-state index is 0.353. The van der Waals surface area contributed by atoms with E-state index in [1.165, 1.54) is 4.70 Å². The zero-order chi connectivity index (χ0) is 14.2. The minimum Gasteiger partial charge on any atom is -0.286 e. The van der Waals surface area contributed by atoms with Gasteiger partial charge in [-0.3, -0.25) is 4.40 Å². The molecule has 0 saturated heterocycles. The highest BCUT2D eigenvalue weighted by Gasteiger charge is 2.17. The van der Waals surface area contributed by atoms with Crippen LogP contribution >= 0.6 is 11.3 Å². The summed E-state index contributed by atoms with van der Waals surface area (Å²) in [5, 5.41) is 9.19. The maximum atomic E-state index is 9.19. The first-order valence-electron chi connectivity index (χ1n) is 6.70. The molecule has 4 rings (SSSR count). The van der Waals surface area contributed by atoms with Crippen LogP contribution in [0.3, 0.4) is 0 Å².